The van der Waals surface area contributed by atoms with Gasteiger partial charge in [-0.3, -0.25) is 9.36 Å². The van der Waals surface area contributed by atoms with Gasteiger partial charge in [0.2, 0.25) is 0 Å². The van der Waals surface area contributed by atoms with E-state index < -0.39 is 6.65 Å². The van der Waals surface area contributed by atoms with Crippen molar-refractivity contribution in [2.45, 2.75) is 18.2 Å². The highest BCUT2D eigenvalue weighted by Crippen LogP contribution is 2.64. The van der Waals surface area contributed by atoms with Crippen LogP contribution in [0.1, 0.15) is 12.5 Å². The van der Waals surface area contributed by atoms with Gasteiger partial charge in [-0.05, 0) is 58.1 Å². The average Bonchev–Trinajstić information content (AvgIpc) is 2.30. The van der Waals surface area contributed by atoms with Crippen LogP contribution in [0.15, 0.2) is 29.2 Å². The lowest BCUT2D eigenvalue weighted by Crippen LogP contribution is -2.18. The molecule has 0 aromatic heterocycles. The van der Waals surface area contributed by atoms with Crippen LogP contribution >= 0.6 is 18.0 Å². The summed E-state index contributed by atoms with van der Waals surface area (Å²) < 4.78 is 16.4. The predicted molar refractivity (Wildman–Crippen MR) is 81.7 cm³/mol. The molecular weight excluding hydrogens is 279 g/mol. The SMILES string of the molecule is CC(=O)Cc1ccccc1SP(=O)(N(C)C)N(C)C. The summed E-state index contributed by atoms with van der Waals surface area (Å²) in [5, 5.41) is 0. The minimum Gasteiger partial charge on any atom is -0.300 e. The Labute approximate surface area is 119 Å². The van der Waals surface area contributed by atoms with Gasteiger partial charge in [-0.1, -0.05) is 18.2 Å². The van der Waals surface area contributed by atoms with Gasteiger partial charge in [0.25, 0.3) is 6.65 Å². The molecule has 1 aromatic rings. The fourth-order valence-electron chi connectivity index (χ4n) is 1.66. The molecule has 1 aromatic carbocycles. The quantitative estimate of drug-likeness (QED) is 0.755. The summed E-state index contributed by atoms with van der Waals surface area (Å²) in [5.41, 5.74) is 0.934. The summed E-state index contributed by atoms with van der Waals surface area (Å²) in [6, 6.07) is 7.64. The van der Waals surface area contributed by atoms with Gasteiger partial charge < -0.3 is 0 Å². The molecule has 0 saturated heterocycles. The van der Waals surface area contributed by atoms with E-state index in [-0.39, 0.29) is 5.78 Å². The lowest BCUT2D eigenvalue weighted by atomic mass is 10.1. The second-order valence-electron chi connectivity index (χ2n) is 4.76. The van der Waals surface area contributed by atoms with Crippen molar-refractivity contribution in [3.8, 4) is 0 Å². The van der Waals surface area contributed by atoms with Gasteiger partial charge in [0.1, 0.15) is 5.78 Å². The third-order valence-corrected chi connectivity index (χ3v) is 8.76. The average molecular weight is 300 g/mol. The van der Waals surface area contributed by atoms with Gasteiger partial charge in [0.05, 0.1) is 0 Å². The Bertz CT molecular complexity index is 491. The van der Waals surface area contributed by atoms with E-state index in [4.69, 9.17) is 0 Å². The van der Waals surface area contributed by atoms with Crippen molar-refractivity contribution in [2.24, 2.45) is 0 Å². The number of ketones is 1. The Morgan fingerprint density at radius 1 is 1.16 bits per heavy atom. The molecule has 0 N–H and O–H groups in total. The van der Waals surface area contributed by atoms with Crippen molar-refractivity contribution in [1.29, 1.82) is 0 Å². The highest BCUT2D eigenvalue weighted by Gasteiger charge is 2.30. The Morgan fingerprint density at radius 3 is 2.16 bits per heavy atom. The van der Waals surface area contributed by atoms with Gasteiger partial charge in [-0.25, -0.2) is 9.34 Å². The van der Waals surface area contributed by atoms with Gasteiger partial charge in [-0.2, -0.15) is 0 Å². The molecule has 0 radical (unpaired) electrons. The van der Waals surface area contributed by atoms with Crippen molar-refractivity contribution in [2.75, 3.05) is 28.2 Å². The summed E-state index contributed by atoms with van der Waals surface area (Å²) in [6.45, 7) is -1.12. The van der Waals surface area contributed by atoms with Crippen LogP contribution in [0.25, 0.3) is 0 Å². The number of rotatable bonds is 6. The minimum atomic E-state index is -2.68. The van der Waals surface area contributed by atoms with Gasteiger partial charge in [0, 0.05) is 11.3 Å². The van der Waals surface area contributed by atoms with Crippen LogP contribution in [-0.2, 0) is 15.8 Å². The van der Waals surface area contributed by atoms with Crippen molar-refractivity contribution < 1.29 is 9.36 Å². The smallest absolute Gasteiger partial charge is 0.275 e. The van der Waals surface area contributed by atoms with Crippen LogP contribution in [0.4, 0.5) is 0 Å². The Kier molecular flexibility index (Phi) is 5.81. The number of hydrogen-bond donors (Lipinski definition) is 0. The van der Waals surface area contributed by atoms with E-state index in [0.29, 0.717) is 6.42 Å². The predicted octanol–water partition coefficient (Wildman–Crippen LogP) is 3.14. The fraction of sp³-hybridized carbons (Fsp3) is 0.462. The zero-order valence-electron chi connectivity index (χ0n) is 12.1. The van der Waals surface area contributed by atoms with Crippen LogP contribution in [0.3, 0.4) is 0 Å². The van der Waals surface area contributed by atoms with Crippen LogP contribution in [0, 0.1) is 0 Å². The molecule has 0 bridgehead atoms. The van der Waals surface area contributed by atoms with Gasteiger partial charge in [0.15, 0.2) is 0 Å². The van der Waals surface area contributed by atoms with Crippen molar-refractivity contribution >= 4 is 23.8 Å². The highest BCUT2D eigenvalue weighted by atomic mass is 32.7. The molecule has 0 aliphatic rings. The number of hydrogen-bond acceptors (Lipinski definition) is 3. The molecule has 1 rings (SSSR count). The van der Waals surface area contributed by atoms with Crippen LogP contribution in [0.2, 0.25) is 0 Å². The fourth-order valence-corrected chi connectivity index (χ4v) is 5.63. The van der Waals surface area contributed by atoms with Gasteiger partial charge in [-0.15, -0.1) is 0 Å². The summed E-state index contributed by atoms with van der Waals surface area (Å²) in [6.07, 6.45) is 0.379. The van der Waals surface area contributed by atoms with Crippen LogP contribution in [-0.4, -0.2) is 43.3 Å². The standard InChI is InChI=1S/C13H21N2O2PS/c1-11(16)10-12-8-6-7-9-13(12)19-18(17,14(2)3)15(4)5/h6-9H,10H2,1-5H3. The zero-order valence-corrected chi connectivity index (χ0v) is 13.8. The summed E-state index contributed by atoms with van der Waals surface area (Å²) in [5.74, 6) is 0.109. The third-order valence-electron chi connectivity index (χ3n) is 2.64. The molecule has 0 aliphatic heterocycles. The molecule has 0 unspecified atom stereocenters. The minimum absolute atomic E-state index is 0.109. The first-order valence-corrected chi connectivity index (χ1v) is 9.03. The normalized spacial score (nSPS) is 12.2. The van der Waals surface area contributed by atoms with Crippen LogP contribution in [0.5, 0.6) is 0 Å². The Balaban J connectivity index is 3.10. The molecule has 4 nitrogen and oxygen atoms in total. The van der Waals surface area contributed by atoms with E-state index >= 15 is 0 Å². The molecule has 0 saturated carbocycles. The highest BCUT2D eigenvalue weighted by molar-refractivity contribution is 8.56. The number of nitrogens with zero attached hydrogens (tertiary/aromatic N) is 2. The Hall–Kier alpha value is -0.610. The van der Waals surface area contributed by atoms with E-state index in [1.54, 1.807) is 44.5 Å². The number of carbonyl (C=O) groups excluding carboxylic acids is 1. The van der Waals surface area contributed by atoms with E-state index in [1.165, 1.54) is 11.4 Å². The number of benzene rings is 1. The maximum Gasteiger partial charge on any atom is 0.275 e. The van der Waals surface area contributed by atoms with E-state index in [9.17, 15) is 9.36 Å². The molecule has 0 amide bonds. The van der Waals surface area contributed by atoms with E-state index in [1.807, 2.05) is 24.3 Å². The van der Waals surface area contributed by atoms with E-state index in [0.717, 1.165) is 10.5 Å². The molecule has 0 fully saturated rings. The van der Waals surface area contributed by atoms with Crippen LogP contribution < -0.4 is 0 Å². The molecule has 6 heteroatoms. The summed E-state index contributed by atoms with van der Waals surface area (Å²) in [7, 11) is 7.23. The molecule has 19 heavy (non-hydrogen) atoms. The molecule has 0 aliphatic carbocycles. The first-order valence-electron chi connectivity index (χ1n) is 6.00. The lowest BCUT2D eigenvalue weighted by Gasteiger charge is -2.30. The second kappa shape index (κ2) is 6.71. The van der Waals surface area contributed by atoms with E-state index in [2.05, 4.69) is 0 Å². The summed E-state index contributed by atoms with van der Waals surface area (Å²) in [4.78, 5) is 12.2. The maximum absolute atomic E-state index is 13.0. The molecule has 0 spiro atoms. The van der Waals surface area contributed by atoms with Crippen molar-refractivity contribution in [1.82, 2.24) is 9.34 Å². The first-order chi connectivity index (χ1) is 8.77. The van der Waals surface area contributed by atoms with Gasteiger partial charge >= 0.3 is 0 Å². The molecule has 106 valence electrons. The third kappa shape index (κ3) is 4.18. The first kappa shape index (κ1) is 16.4. The van der Waals surface area contributed by atoms with Crippen molar-refractivity contribution in [3.63, 3.8) is 0 Å². The monoisotopic (exact) mass is 300 g/mol. The number of carbonyl (C=O) groups is 1. The lowest BCUT2D eigenvalue weighted by molar-refractivity contribution is -0.116. The Morgan fingerprint density at radius 2 is 1.68 bits per heavy atom. The molecule has 0 atom stereocenters. The zero-order chi connectivity index (χ0) is 14.6. The largest absolute Gasteiger partial charge is 0.300 e. The molecule has 0 heterocycles. The molecular formula is C13H21N2O2PS. The second-order valence-corrected chi connectivity index (χ2v) is 9.94. The summed E-state index contributed by atoms with van der Waals surface area (Å²) >= 11 is 1.33. The maximum atomic E-state index is 13.0. The topological polar surface area (TPSA) is 40.6 Å². The number of Topliss-reactive ketones (excluding diaryl/α,β-unsaturated/α-hetero) is 1. The van der Waals surface area contributed by atoms with Crippen molar-refractivity contribution in [3.05, 3.63) is 29.8 Å².